The van der Waals surface area contributed by atoms with E-state index >= 15 is 0 Å². The van der Waals surface area contributed by atoms with Gasteiger partial charge in [-0.3, -0.25) is 0 Å². The van der Waals surface area contributed by atoms with Gasteiger partial charge in [0.25, 0.3) is 0 Å². The summed E-state index contributed by atoms with van der Waals surface area (Å²) in [5.74, 6) is 2.44. The van der Waals surface area contributed by atoms with Crippen LogP contribution < -0.4 is 5.32 Å². The minimum Gasteiger partial charge on any atom is -0.370 e. The zero-order chi connectivity index (χ0) is 12.5. The van der Waals surface area contributed by atoms with E-state index in [1.807, 2.05) is 0 Å². The number of anilines is 1. The van der Waals surface area contributed by atoms with Crippen molar-refractivity contribution in [2.24, 2.45) is 11.3 Å². The van der Waals surface area contributed by atoms with Crippen LogP contribution in [0.4, 0.5) is 5.82 Å². The Morgan fingerprint density at radius 2 is 2.18 bits per heavy atom. The number of halogens is 1. The smallest absolute Gasteiger partial charge is 0.134 e. The van der Waals surface area contributed by atoms with Gasteiger partial charge in [-0.2, -0.15) is 0 Å². The second kappa shape index (κ2) is 4.81. The lowest BCUT2D eigenvalue weighted by molar-refractivity contribution is 0.572. The van der Waals surface area contributed by atoms with Crippen LogP contribution in [0.3, 0.4) is 0 Å². The lowest BCUT2D eigenvalue weighted by Crippen LogP contribution is -2.10. The number of rotatable bonds is 5. The Bertz CT molecular complexity index is 404. The topological polar surface area (TPSA) is 37.8 Å². The molecular weight excluding hydrogens is 234 g/mol. The van der Waals surface area contributed by atoms with E-state index in [-0.39, 0.29) is 0 Å². The fourth-order valence-corrected chi connectivity index (χ4v) is 2.24. The number of hydrogen-bond donors (Lipinski definition) is 1. The molecule has 1 aliphatic carbocycles. The third-order valence-electron chi connectivity index (χ3n) is 3.46. The Hall–Kier alpha value is -0.830. The summed E-state index contributed by atoms with van der Waals surface area (Å²) in [7, 11) is 0. The number of nitrogens with one attached hydrogen (secondary N) is 1. The molecule has 2 rings (SSSR count). The number of hydrogen-bond acceptors (Lipinski definition) is 3. The molecule has 0 aliphatic heterocycles. The summed E-state index contributed by atoms with van der Waals surface area (Å²) in [6.45, 7) is 7.69. The van der Waals surface area contributed by atoms with Crippen LogP contribution in [0, 0.1) is 11.3 Å². The predicted octanol–water partition coefficient (Wildman–Crippen LogP) is 3.54. The Morgan fingerprint density at radius 3 is 2.76 bits per heavy atom. The summed E-state index contributed by atoms with van der Waals surface area (Å²) in [6.07, 6.45) is 3.21. The first-order valence-electron chi connectivity index (χ1n) is 6.28. The minimum absolute atomic E-state index is 0.496. The SMILES string of the molecule is CCCc1nc(Cl)cc(NCC2CC2(C)C)n1. The van der Waals surface area contributed by atoms with Crippen LogP contribution in [0.15, 0.2) is 6.07 Å². The van der Waals surface area contributed by atoms with Crippen LogP contribution >= 0.6 is 11.6 Å². The molecule has 0 saturated heterocycles. The van der Waals surface area contributed by atoms with E-state index in [9.17, 15) is 0 Å². The third-order valence-corrected chi connectivity index (χ3v) is 3.66. The highest BCUT2D eigenvalue weighted by molar-refractivity contribution is 6.29. The van der Waals surface area contributed by atoms with Crippen LogP contribution in [-0.2, 0) is 6.42 Å². The van der Waals surface area contributed by atoms with Gasteiger partial charge in [0.1, 0.15) is 16.8 Å². The van der Waals surface area contributed by atoms with Crippen molar-refractivity contribution in [2.75, 3.05) is 11.9 Å². The Kier molecular flexibility index (Phi) is 3.57. The maximum atomic E-state index is 5.98. The molecule has 3 nitrogen and oxygen atoms in total. The van der Waals surface area contributed by atoms with Gasteiger partial charge in [0, 0.05) is 19.0 Å². The van der Waals surface area contributed by atoms with Crippen LogP contribution in [0.2, 0.25) is 5.15 Å². The highest BCUT2D eigenvalue weighted by atomic mass is 35.5. The summed E-state index contributed by atoms with van der Waals surface area (Å²) in [5, 5.41) is 3.90. The molecule has 17 heavy (non-hydrogen) atoms. The van der Waals surface area contributed by atoms with E-state index in [0.717, 1.165) is 36.9 Å². The highest BCUT2D eigenvalue weighted by Crippen LogP contribution is 2.51. The molecule has 1 atom stereocenters. The van der Waals surface area contributed by atoms with E-state index in [0.29, 0.717) is 10.6 Å². The lowest BCUT2D eigenvalue weighted by Gasteiger charge is -2.08. The molecule has 0 amide bonds. The Balaban J connectivity index is 1.96. The van der Waals surface area contributed by atoms with E-state index in [4.69, 9.17) is 11.6 Å². The van der Waals surface area contributed by atoms with Crippen molar-refractivity contribution in [3.63, 3.8) is 0 Å². The largest absolute Gasteiger partial charge is 0.370 e. The molecule has 1 heterocycles. The van der Waals surface area contributed by atoms with Gasteiger partial charge >= 0.3 is 0 Å². The maximum absolute atomic E-state index is 5.98. The molecule has 94 valence electrons. The Labute approximate surface area is 108 Å². The van der Waals surface area contributed by atoms with Crippen LogP contribution in [0.1, 0.15) is 39.4 Å². The molecule has 1 aliphatic rings. The molecule has 4 heteroatoms. The summed E-state index contributed by atoms with van der Waals surface area (Å²) in [4.78, 5) is 8.67. The molecule has 1 unspecified atom stereocenters. The normalized spacial score (nSPS) is 21.3. The van der Waals surface area contributed by atoms with E-state index in [1.165, 1.54) is 6.42 Å². The number of aromatic nitrogens is 2. The van der Waals surface area contributed by atoms with Crippen molar-refractivity contribution in [2.45, 2.75) is 40.0 Å². The number of nitrogens with zero attached hydrogens (tertiary/aromatic N) is 2. The van der Waals surface area contributed by atoms with Crippen molar-refractivity contribution in [1.29, 1.82) is 0 Å². The first kappa shape index (κ1) is 12.6. The summed E-state index contributed by atoms with van der Waals surface area (Å²) in [5.41, 5.74) is 0.496. The molecule has 0 radical (unpaired) electrons. The molecule has 0 bridgehead atoms. The third kappa shape index (κ3) is 3.32. The van der Waals surface area contributed by atoms with Crippen molar-refractivity contribution in [3.8, 4) is 0 Å². The molecule has 1 N–H and O–H groups in total. The predicted molar refractivity (Wildman–Crippen MR) is 71.4 cm³/mol. The van der Waals surface area contributed by atoms with Crippen molar-refractivity contribution in [3.05, 3.63) is 17.0 Å². The van der Waals surface area contributed by atoms with Gasteiger partial charge in [-0.15, -0.1) is 0 Å². The van der Waals surface area contributed by atoms with Crippen molar-refractivity contribution in [1.82, 2.24) is 9.97 Å². The van der Waals surface area contributed by atoms with Crippen LogP contribution in [0.25, 0.3) is 0 Å². The zero-order valence-electron chi connectivity index (χ0n) is 10.8. The van der Waals surface area contributed by atoms with Gasteiger partial charge in [0.15, 0.2) is 0 Å². The second-order valence-electron chi connectivity index (χ2n) is 5.51. The number of aryl methyl sites for hydroxylation is 1. The average Bonchev–Trinajstić information content (AvgIpc) is 2.83. The van der Waals surface area contributed by atoms with E-state index < -0.39 is 0 Å². The molecular formula is C13H20ClN3. The van der Waals surface area contributed by atoms with Gasteiger partial charge in [-0.1, -0.05) is 32.4 Å². The fourth-order valence-electron chi connectivity index (χ4n) is 2.04. The monoisotopic (exact) mass is 253 g/mol. The average molecular weight is 254 g/mol. The summed E-state index contributed by atoms with van der Waals surface area (Å²) < 4.78 is 0. The summed E-state index contributed by atoms with van der Waals surface area (Å²) in [6, 6.07) is 1.80. The molecule has 1 aromatic rings. The zero-order valence-corrected chi connectivity index (χ0v) is 11.5. The van der Waals surface area contributed by atoms with Crippen molar-refractivity contribution < 1.29 is 0 Å². The Morgan fingerprint density at radius 1 is 1.47 bits per heavy atom. The summed E-state index contributed by atoms with van der Waals surface area (Å²) >= 11 is 5.98. The quantitative estimate of drug-likeness (QED) is 0.816. The van der Waals surface area contributed by atoms with Crippen molar-refractivity contribution >= 4 is 17.4 Å². The van der Waals surface area contributed by atoms with Gasteiger partial charge in [-0.25, -0.2) is 9.97 Å². The fraction of sp³-hybridized carbons (Fsp3) is 0.692. The molecule has 0 spiro atoms. The van der Waals surface area contributed by atoms with Crippen LogP contribution in [-0.4, -0.2) is 16.5 Å². The first-order valence-corrected chi connectivity index (χ1v) is 6.66. The van der Waals surface area contributed by atoms with Gasteiger partial charge in [0.05, 0.1) is 0 Å². The lowest BCUT2D eigenvalue weighted by atomic mass is 10.1. The first-order chi connectivity index (χ1) is 8.01. The molecule has 1 aromatic heterocycles. The molecule has 1 fully saturated rings. The minimum atomic E-state index is 0.496. The molecule has 0 aromatic carbocycles. The van der Waals surface area contributed by atoms with Crippen LogP contribution in [0.5, 0.6) is 0 Å². The van der Waals surface area contributed by atoms with E-state index in [2.05, 4.69) is 36.1 Å². The highest BCUT2D eigenvalue weighted by Gasteiger charge is 2.44. The van der Waals surface area contributed by atoms with Gasteiger partial charge < -0.3 is 5.32 Å². The standard InChI is InChI=1S/C13H20ClN3/c1-4-5-11-16-10(14)6-12(17-11)15-8-9-7-13(9,2)3/h6,9H,4-5,7-8H2,1-3H3,(H,15,16,17). The maximum Gasteiger partial charge on any atom is 0.134 e. The van der Waals surface area contributed by atoms with Gasteiger partial charge in [-0.05, 0) is 24.2 Å². The second-order valence-corrected chi connectivity index (χ2v) is 5.90. The molecule has 1 saturated carbocycles. The van der Waals surface area contributed by atoms with E-state index in [1.54, 1.807) is 6.07 Å². The van der Waals surface area contributed by atoms with Gasteiger partial charge in [0.2, 0.25) is 0 Å².